The van der Waals surface area contributed by atoms with Crippen molar-refractivity contribution in [1.82, 2.24) is 20.9 Å². The van der Waals surface area contributed by atoms with Crippen molar-refractivity contribution in [2.24, 2.45) is 5.92 Å². The van der Waals surface area contributed by atoms with Gasteiger partial charge >= 0.3 is 6.03 Å². The molecule has 1 atom stereocenters. The highest BCUT2D eigenvalue weighted by Gasteiger charge is 2.35. The lowest BCUT2D eigenvalue weighted by Crippen LogP contribution is -2.57. The van der Waals surface area contributed by atoms with Crippen LogP contribution in [0.25, 0.3) is 22.1 Å². The predicted octanol–water partition coefficient (Wildman–Crippen LogP) is 3.35. The molecule has 166 valence electrons. The number of nitrogens with one attached hydrogen (secondary N) is 3. The number of hydrogen-bond acceptors (Lipinski definition) is 4. The number of amides is 3. The lowest BCUT2D eigenvalue weighted by Gasteiger charge is -2.44. The van der Waals surface area contributed by atoms with Gasteiger partial charge in [0.25, 0.3) is 5.91 Å². The van der Waals surface area contributed by atoms with Crippen molar-refractivity contribution in [3.8, 4) is 11.1 Å². The standard InChI is InChI=1S/C25H28N4O3/c1-26-25(31)27-14-18-5-2-3-7-19(18)20-8-4-6-17-13-22(32-23(17)20)24(30)28-21-15-29-11-9-16(21)10-12-29/h2-8,13,16,21H,9-12,14-15H2,1H3,(H,28,30)(H2,26,27,31). The van der Waals surface area contributed by atoms with Crippen LogP contribution in [0.1, 0.15) is 29.0 Å². The van der Waals surface area contributed by atoms with E-state index in [1.807, 2.05) is 48.5 Å². The maximum absolute atomic E-state index is 13.0. The molecule has 1 aromatic heterocycles. The van der Waals surface area contributed by atoms with Crippen molar-refractivity contribution in [3.63, 3.8) is 0 Å². The molecule has 2 bridgehead atoms. The fourth-order valence-electron chi connectivity index (χ4n) is 4.96. The van der Waals surface area contributed by atoms with Gasteiger partial charge in [-0.15, -0.1) is 0 Å². The summed E-state index contributed by atoms with van der Waals surface area (Å²) in [6, 6.07) is 15.6. The Morgan fingerprint density at radius 3 is 2.59 bits per heavy atom. The van der Waals surface area contributed by atoms with Gasteiger partial charge in [0, 0.05) is 37.1 Å². The fourth-order valence-corrected chi connectivity index (χ4v) is 4.96. The second-order valence-electron chi connectivity index (χ2n) is 8.64. The summed E-state index contributed by atoms with van der Waals surface area (Å²) in [4.78, 5) is 27.1. The van der Waals surface area contributed by atoms with E-state index in [2.05, 4.69) is 20.9 Å². The zero-order valence-corrected chi connectivity index (χ0v) is 18.2. The monoisotopic (exact) mass is 432 g/mol. The number of piperidine rings is 3. The third-order valence-electron chi connectivity index (χ3n) is 6.71. The average Bonchev–Trinajstić information content (AvgIpc) is 3.28. The van der Waals surface area contributed by atoms with E-state index in [-0.39, 0.29) is 18.0 Å². The molecule has 0 saturated carbocycles. The predicted molar refractivity (Wildman–Crippen MR) is 123 cm³/mol. The molecule has 3 saturated heterocycles. The first-order valence-electron chi connectivity index (χ1n) is 11.2. The molecule has 3 fully saturated rings. The van der Waals surface area contributed by atoms with Gasteiger partial charge in [-0.2, -0.15) is 0 Å². The molecule has 7 heteroatoms. The minimum atomic E-state index is -0.234. The smallest absolute Gasteiger partial charge is 0.314 e. The van der Waals surface area contributed by atoms with Crippen LogP contribution in [-0.2, 0) is 6.54 Å². The number of fused-ring (bicyclic) bond motifs is 4. The third-order valence-corrected chi connectivity index (χ3v) is 6.71. The number of rotatable bonds is 5. The van der Waals surface area contributed by atoms with E-state index < -0.39 is 0 Å². The normalized spacial score (nSPS) is 22.0. The quantitative estimate of drug-likeness (QED) is 0.577. The maximum Gasteiger partial charge on any atom is 0.314 e. The first kappa shape index (κ1) is 20.6. The molecule has 3 aliphatic heterocycles. The molecule has 4 heterocycles. The number of carbonyl (C=O) groups excluding carboxylic acids is 2. The van der Waals surface area contributed by atoms with E-state index in [9.17, 15) is 9.59 Å². The summed E-state index contributed by atoms with van der Waals surface area (Å²) in [5.41, 5.74) is 3.52. The third kappa shape index (κ3) is 3.96. The van der Waals surface area contributed by atoms with E-state index >= 15 is 0 Å². The molecule has 2 aromatic carbocycles. The highest BCUT2D eigenvalue weighted by atomic mass is 16.3. The highest BCUT2D eigenvalue weighted by Crippen LogP contribution is 2.33. The van der Waals surface area contributed by atoms with Crippen LogP contribution in [-0.4, -0.2) is 49.6 Å². The van der Waals surface area contributed by atoms with Crippen LogP contribution in [0.5, 0.6) is 0 Å². The van der Waals surface area contributed by atoms with Crippen LogP contribution in [0.3, 0.4) is 0 Å². The molecule has 0 spiro atoms. The van der Waals surface area contributed by atoms with E-state index in [0.29, 0.717) is 23.8 Å². The van der Waals surface area contributed by atoms with Gasteiger partial charge in [-0.05, 0) is 49.0 Å². The molecule has 3 amide bonds. The zero-order chi connectivity index (χ0) is 22.1. The number of furan rings is 1. The molecule has 0 aliphatic carbocycles. The van der Waals surface area contributed by atoms with Gasteiger partial charge in [0.2, 0.25) is 0 Å². The first-order valence-corrected chi connectivity index (χ1v) is 11.2. The van der Waals surface area contributed by atoms with Gasteiger partial charge in [-0.1, -0.05) is 42.5 Å². The molecule has 7 nitrogen and oxygen atoms in total. The molecule has 0 radical (unpaired) electrons. The second-order valence-corrected chi connectivity index (χ2v) is 8.64. The summed E-state index contributed by atoms with van der Waals surface area (Å²) in [6.45, 7) is 3.59. The summed E-state index contributed by atoms with van der Waals surface area (Å²) < 4.78 is 6.11. The Morgan fingerprint density at radius 2 is 1.84 bits per heavy atom. The number of para-hydroxylation sites is 1. The van der Waals surface area contributed by atoms with E-state index in [0.717, 1.165) is 54.6 Å². The Labute approximate surface area is 187 Å². The topological polar surface area (TPSA) is 86.6 Å². The second kappa shape index (κ2) is 8.67. The van der Waals surface area contributed by atoms with Gasteiger partial charge in [-0.25, -0.2) is 4.79 Å². The van der Waals surface area contributed by atoms with E-state index in [4.69, 9.17) is 4.42 Å². The van der Waals surface area contributed by atoms with Crippen LogP contribution in [0.2, 0.25) is 0 Å². The molecule has 3 aromatic rings. The Morgan fingerprint density at radius 1 is 1.06 bits per heavy atom. The summed E-state index contributed by atoms with van der Waals surface area (Å²) in [5, 5.41) is 9.50. The van der Waals surface area contributed by atoms with Gasteiger partial charge in [0.15, 0.2) is 5.76 Å². The lowest BCUT2D eigenvalue weighted by atomic mass is 9.84. The van der Waals surface area contributed by atoms with Gasteiger partial charge in [-0.3, -0.25) is 4.79 Å². The minimum Gasteiger partial charge on any atom is -0.450 e. The van der Waals surface area contributed by atoms with Crippen molar-refractivity contribution in [2.45, 2.75) is 25.4 Å². The van der Waals surface area contributed by atoms with Gasteiger partial charge in [0.1, 0.15) is 5.58 Å². The number of urea groups is 1. The summed E-state index contributed by atoms with van der Waals surface area (Å²) in [6.07, 6.45) is 2.30. The maximum atomic E-state index is 13.0. The molecule has 6 rings (SSSR count). The Bertz CT molecular complexity index is 1150. The van der Waals surface area contributed by atoms with Crippen molar-refractivity contribution in [3.05, 3.63) is 59.9 Å². The Balaban J connectivity index is 1.42. The van der Waals surface area contributed by atoms with E-state index in [1.165, 1.54) is 0 Å². The highest BCUT2D eigenvalue weighted by molar-refractivity contribution is 6.00. The van der Waals surface area contributed by atoms with Crippen molar-refractivity contribution < 1.29 is 14.0 Å². The fraction of sp³-hybridized carbons (Fsp3) is 0.360. The van der Waals surface area contributed by atoms with Crippen molar-refractivity contribution in [2.75, 3.05) is 26.7 Å². The molecule has 32 heavy (non-hydrogen) atoms. The summed E-state index contributed by atoms with van der Waals surface area (Å²) in [5.74, 6) is 0.744. The van der Waals surface area contributed by atoms with Crippen LogP contribution in [0.15, 0.2) is 52.9 Å². The molecular weight excluding hydrogens is 404 g/mol. The summed E-state index contributed by atoms with van der Waals surface area (Å²) >= 11 is 0. The van der Waals surface area contributed by atoms with Crippen molar-refractivity contribution in [1.29, 1.82) is 0 Å². The molecule has 1 unspecified atom stereocenters. The average molecular weight is 433 g/mol. The van der Waals surface area contributed by atoms with Gasteiger partial charge < -0.3 is 25.3 Å². The SMILES string of the molecule is CNC(=O)NCc1ccccc1-c1cccc2cc(C(=O)NC3CN4CCC3CC4)oc12. The van der Waals surface area contributed by atoms with Crippen LogP contribution in [0.4, 0.5) is 4.79 Å². The zero-order valence-electron chi connectivity index (χ0n) is 18.2. The number of benzene rings is 2. The molecular formula is C25H28N4O3. The van der Waals surface area contributed by atoms with Crippen LogP contribution >= 0.6 is 0 Å². The van der Waals surface area contributed by atoms with Gasteiger partial charge in [0.05, 0.1) is 0 Å². The Kier molecular flexibility index (Phi) is 5.57. The number of hydrogen-bond donors (Lipinski definition) is 3. The minimum absolute atomic E-state index is 0.152. The largest absolute Gasteiger partial charge is 0.450 e. The molecule has 3 aliphatic rings. The molecule has 3 N–H and O–H groups in total. The lowest BCUT2D eigenvalue weighted by molar-refractivity contribution is 0.0607. The Hall–Kier alpha value is -3.32. The van der Waals surface area contributed by atoms with Crippen LogP contribution in [0, 0.1) is 5.92 Å². The van der Waals surface area contributed by atoms with Crippen LogP contribution < -0.4 is 16.0 Å². The van der Waals surface area contributed by atoms with E-state index in [1.54, 1.807) is 7.05 Å². The summed E-state index contributed by atoms with van der Waals surface area (Å²) in [7, 11) is 1.59. The number of nitrogens with zero attached hydrogens (tertiary/aromatic N) is 1. The first-order chi connectivity index (χ1) is 15.6. The van der Waals surface area contributed by atoms with Crippen molar-refractivity contribution >= 4 is 22.9 Å². The number of carbonyl (C=O) groups is 2.